The summed E-state index contributed by atoms with van der Waals surface area (Å²) in [5.41, 5.74) is 0. The van der Waals surface area contributed by atoms with Gasteiger partial charge in [0.05, 0.1) is 5.75 Å². The van der Waals surface area contributed by atoms with E-state index in [-0.39, 0.29) is 0 Å². The minimum atomic E-state index is -2.74. The molecule has 0 aliphatic heterocycles. The van der Waals surface area contributed by atoms with E-state index in [1.54, 1.807) is 0 Å². The summed E-state index contributed by atoms with van der Waals surface area (Å²) in [5, 5.41) is 0. The van der Waals surface area contributed by atoms with Crippen molar-refractivity contribution in [3.63, 3.8) is 0 Å². The molecule has 0 spiro atoms. The van der Waals surface area contributed by atoms with Crippen LogP contribution in [0.4, 0.5) is 0 Å². The van der Waals surface area contributed by atoms with Crippen LogP contribution in [0.15, 0.2) is 0 Å². The fourth-order valence-electron chi connectivity index (χ4n) is 0.998. The van der Waals surface area contributed by atoms with Gasteiger partial charge >= 0.3 is 0 Å². The Balaban J connectivity index is 3.76. The molecule has 0 aliphatic rings. The zero-order valence-corrected chi connectivity index (χ0v) is 9.15. The molecule has 0 aromatic carbocycles. The highest BCUT2D eigenvalue weighted by Crippen LogP contribution is 2.08. The van der Waals surface area contributed by atoms with Crippen LogP contribution in [0, 0.1) is 5.92 Å². The van der Waals surface area contributed by atoms with Gasteiger partial charge < -0.3 is 0 Å². The molecular formula is C9H20O2S. The second-order valence-electron chi connectivity index (χ2n) is 3.45. The number of hydrogen-bond donors (Lipinski definition) is 0. The number of sulfone groups is 1. The van der Waals surface area contributed by atoms with Crippen LogP contribution in [0.2, 0.25) is 0 Å². The Bertz CT molecular complexity index is 195. The lowest BCUT2D eigenvalue weighted by atomic mass is 10.1. The van der Waals surface area contributed by atoms with Crippen molar-refractivity contribution in [2.75, 3.05) is 11.5 Å². The first-order chi connectivity index (χ1) is 5.52. The van der Waals surface area contributed by atoms with Crippen LogP contribution in [0.3, 0.4) is 0 Å². The van der Waals surface area contributed by atoms with Gasteiger partial charge in [-0.05, 0) is 18.8 Å². The van der Waals surface area contributed by atoms with Crippen molar-refractivity contribution < 1.29 is 8.42 Å². The van der Waals surface area contributed by atoms with Gasteiger partial charge in [-0.15, -0.1) is 0 Å². The molecule has 2 nitrogen and oxygen atoms in total. The Kier molecular flexibility index (Phi) is 5.55. The second-order valence-corrected chi connectivity index (χ2v) is 5.76. The van der Waals surface area contributed by atoms with Crippen LogP contribution in [0.5, 0.6) is 0 Å². The van der Waals surface area contributed by atoms with E-state index in [1.165, 1.54) is 0 Å². The zero-order chi connectivity index (χ0) is 9.61. The van der Waals surface area contributed by atoms with Crippen LogP contribution in [-0.2, 0) is 9.84 Å². The molecule has 12 heavy (non-hydrogen) atoms. The molecule has 74 valence electrons. The molecule has 0 aliphatic carbocycles. The first-order valence-corrected chi connectivity index (χ1v) is 6.54. The molecule has 0 aromatic rings. The Morgan fingerprint density at radius 3 is 2.17 bits per heavy atom. The smallest absolute Gasteiger partial charge is 0.150 e. The highest BCUT2D eigenvalue weighted by Gasteiger charge is 2.10. The fraction of sp³-hybridized carbons (Fsp3) is 1.00. The molecule has 1 unspecified atom stereocenters. The molecule has 0 rings (SSSR count). The summed E-state index contributed by atoms with van der Waals surface area (Å²) in [7, 11) is -2.74. The quantitative estimate of drug-likeness (QED) is 0.647. The van der Waals surface area contributed by atoms with Crippen molar-refractivity contribution in [3.05, 3.63) is 0 Å². The third kappa shape index (κ3) is 5.58. The molecule has 0 amide bonds. The van der Waals surface area contributed by atoms with Gasteiger partial charge in [-0.2, -0.15) is 0 Å². The molecule has 3 heteroatoms. The van der Waals surface area contributed by atoms with Crippen LogP contribution in [-0.4, -0.2) is 19.9 Å². The van der Waals surface area contributed by atoms with Crippen LogP contribution >= 0.6 is 0 Å². The van der Waals surface area contributed by atoms with Gasteiger partial charge in [0, 0.05) is 5.75 Å². The first kappa shape index (κ1) is 11.9. The second kappa shape index (κ2) is 5.57. The number of hydrogen-bond acceptors (Lipinski definition) is 2. The Labute approximate surface area is 76.3 Å². The van der Waals surface area contributed by atoms with E-state index in [1.807, 2.05) is 6.92 Å². The minimum absolute atomic E-state index is 0.351. The maximum absolute atomic E-state index is 11.3. The molecule has 0 bridgehead atoms. The van der Waals surface area contributed by atoms with E-state index in [0.29, 0.717) is 17.4 Å². The third-order valence-corrected chi connectivity index (χ3v) is 4.02. The SMILES string of the molecule is CCCS(=O)(=O)CCC(C)CC. The predicted octanol–water partition coefficient (Wildman–Crippen LogP) is 2.25. The summed E-state index contributed by atoms with van der Waals surface area (Å²) in [6.07, 6.45) is 2.63. The molecule has 1 atom stereocenters. The maximum atomic E-state index is 11.3. The maximum Gasteiger partial charge on any atom is 0.150 e. The van der Waals surface area contributed by atoms with E-state index in [2.05, 4.69) is 13.8 Å². The lowest BCUT2D eigenvalue weighted by Gasteiger charge is -2.07. The molecule has 0 heterocycles. The van der Waals surface area contributed by atoms with Crippen LogP contribution in [0.25, 0.3) is 0 Å². The molecule has 0 aromatic heterocycles. The predicted molar refractivity (Wildman–Crippen MR) is 53.0 cm³/mol. The van der Waals surface area contributed by atoms with Crippen LogP contribution in [0.1, 0.15) is 40.0 Å². The summed E-state index contributed by atoms with van der Waals surface area (Å²) in [4.78, 5) is 0. The van der Waals surface area contributed by atoms with Crippen molar-refractivity contribution in [3.8, 4) is 0 Å². The first-order valence-electron chi connectivity index (χ1n) is 4.72. The summed E-state index contributed by atoms with van der Waals surface area (Å²) in [6, 6.07) is 0. The average Bonchev–Trinajstić information content (AvgIpc) is 2.00. The van der Waals surface area contributed by atoms with Crippen molar-refractivity contribution in [1.29, 1.82) is 0 Å². The molecule has 0 saturated heterocycles. The van der Waals surface area contributed by atoms with Gasteiger partial charge in [-0.3, -0.25) is 0 Å². The summed E-state index contributed by atoms with van der Waals surface area (Å²) in [5.74, 6) is 1.26. The van der Waals surface area contributed by atoms with E-state index >= 15 is 0 Å². The topological polar surface area (TPSA) is 34.1 Å². The largest absolute Gasteiger partial charge is 0.229 e. The van der Waals surface area contributed by atoms with Gasteiger partial charge in [0.15, 0.2) is 0 Å². The Morgan fingerprint density at radius 2 is 1.75 bits per heavy atom. The lowest BCUT2D eigenvalue weighted by molar-refractivity contribution is 0.531. The van der Waals surface area contributed by atoms with Gasteiger partial charge in [0.2, 0.25) is 0 Å². The van der Waals surface area contributed by atoms with Crippen LogP contribution < -0.4 is 0 Å². The lowest BCUT2D eigenvalue weighted by Crippen LogP contribution is -2.12. The fourth-order valence-corrected chi connectivity index (χ4v) is 2.59. The van der Waals surface area contributed by atoms with Crippen molar-refractivity contribution >= 4 is 9.84 Å². The standard InChI is InChI=1S/C9H20O2S/c1-4-7-12(10,11)8-6-9(3)5-2/h9H,4-8H2,1-3H3. The van der Waals surface area contributed by atoms with Crippen molar-refractivity contribution in [1.82, 2.24) is 0 Å². The van der Waals surface area contributed by atoms with E-state index in [4.69, 9.17) is 0 Å². The van der Waals surface area contributed by atoms with E-state index < -0.39 is 9.84 Å². The van der Waals surface area contributed by atoms with Gasteiger partial charge in [-0.1, -0.05) is 27.2 Å². The third-order valence-electron chi connectivity index (χ3n) is 2.13. The highest BCUT2D eigenvalue weighted by molar-refractivity contribution is 7.91. The number of rotatable bonds is 6. The van der Waals surface area contributed by atoms with Crippen molar-refractivity contribution in [2.45, 2.75) is 40.0 Å². The van der Waals surface area contributed by atoms with E-state index in [9.17, 15) is 8.42 Å². The Morgan fingerprint density at radius 1 is 1.17 bits per heavy atom. The van der Waals surface area contributed by atoms with Gasteiger partial charge in [0.25, 0.3) is 0 Å². The highest BCUT2D eigenvalue weighted by atomic mass is 32.2. The minimum Gasteiger partial charge on any atom is -0.229 e. The molecule has 0 N–H and O–H groups in total. The summed E-state index contributed by atoms with van der Waals surface area (Å²) >= 11 is 0. The van der Waals surface area contributed by atoms with Gasteiger partial charge in [-0.25, -0.2) is 8.42 Å². The monoisotopic (exact) mass is 192 g/mol. The average molecular weight is 192 g/mol. The van der Waals surface area contributed by atoms with E-state index in [0.717, 1.165) is 19.3 Å². The molecule has 0 fully saturated rings. The normalized spacial score (nSPS) is 14.6. The zero-order valence-electron chi connectivity index (χ0n) is 8.34. The summed E-state index contributed by atoms with van der Waals surface area (Å²) < 4.78 is 22.5. The summed E-state index contributed by atoms with van der Waals surface area (Å²) in [6.45, 7) is 6.10. The Hall–Kier alpha value is -0.0500. The molecular weight excluding hydrogens is 172 g/mol. The molecule has 0 saturated carbocycles. The van der Waals surface area contributed by atoms with Crippen molar-refractivity contribution in [2.24, 2.45) is 5.92 Å². The van der Waals surface area contributed by atoms with Gasteiger partial charge in [0.1, 0.15) is 9.84 Å². The molecule has 0 radical (unpaired) electrons.